The van der Waals surface area contributed by atoms with Crippen molar-refractivity contribution in [2.75, 3.05) is 44.7 Å². The monoisotopic (exact) mass is 468 g/mol. The largest absolute Gasteiger partial charge is 0.497 e. The molecule has 2 fully saturated rings. The molecule has 3 aliphatic rings. The summed E-state index contributed by atoms with van der Waals surface area (Å²) in [5.41, 5.74) is 1.14. The maximum atomic E-state index is 11.7. The van der Waals surface area contributed by atoms with E-state index in [4.69, 9.17) is 9.47 Å². The van der Waals surface area contributed by atoms with Crippen molar-refractivity contribution in [1.29, 1.82) is 0 Å². The average Bonchev–Trinajstić information content (AvgIpc) is 2.81. The molecule has 6 atom stereocenters. The second kappa shape index (κ2) is 10.3. The van der Waals surface area contributed by atoms with Crippen molar-refractivity contribution in [3.8, 4) is 5.75 Å². The van der Waals surface area contributed by atoms with Crippen LogP contribution in [0, 0.1) is 30.1 Å². The van der Waals surface area contributed by atoms with Gasteiger partial charge in [-0.2, -0.15) is 0 Å². The Hall–Kier alpha value is -2.05. The van der Waals surface area contributed by atoms with Crippen LogP contribution in [0.4, 0.5) is 5.69 Å². The van der Waals surface area contributed by atoms with E-state index in [0.717, 1.165) is 56.9 Å². The predicted octanol–water partition coefficient (Wildman–Crippen LogP) is 3.82. The van der Waals surface area contributed by atoms with Crippen LogP contribution in [0.1, 0.15) is 40.5 Å². The number of carbonyl (C=O) groups excluding carboxylic acids is 1. The molecular formula is C28H40N2O4. The first-order chi connectivity index (χ1) is 16.2. The lowest BCUT2D eigenvalue weighted by atomic mass is 9.57. The summed E-state index contributed by atoms with van der Waals surface area (Å²) in [6.45, 7) is 12.9. The van der Waals surface area contributed by atoms with Crippen LogP contribution in [-0.2, 0) is 9.53 Å². The van der Waals surface area contributed by atoms with Crippen molar-refractivity contribution in [3.63, 3.8) is 0 Å². The Morgan fingerprint density at radius 1 is 1.26 bits per heavy atom. The maximum Gasteiger partial charge on any atom is 0.303 e. The van der Waals surface area contributed by atoms with Gasteiger partial charge in [-0.15, -0.1) is 0 Å². The first-order valence-electron chi connectivity index (χ1n) is 12.7. The van der Waals surface area contributed by atoms with Gasteiger partial charge in [0.25, 0.3) is 0 Å². The summed E-state index contributed by atoms with van der Waals surface area (Å²) in [6, 6.07) is 8.29. The molecular weight excluding hydrogens is 428 g/mol. The second-order valence-corrected chi connectivity index (χ2v) is 10.5. The van der Waals surface area contributed by atoms with Crippen LogP contribution in [0.25, 0.3) is 0 Å². The zero-order chi connectivity index (χ0) is 24.5. The number of carbonyl (C=O) groups is 1. The fraction of sp³-hybridized carbons (Fsp3) is 0.643. The van der Waals surface area contributed by atoms with E-state index in [1.807, 2.05) is 19.1 Å². The van der Waals surface area contributed by atoms with E-state index in [-0.39, 0.29) is 17.8 Å². The lowest BCUT2D eigenvalue weighted by Gasteiger charge is -2.53. The van der Waals surface area contributed by atoms with Crippen LogP contribution >= 0.6 is 0 Å². The second-order valence-electron chi connectivity index (χ2n) is 10.5. The first-order valence-corrected chi connectivity index (χ1v) is 12.7. The van der Waals surface area contributed by atoms with E-state index in [1.165, 1.54) is 12.6 Å². The highest BCUT2D eigenvalue weighted by Crippen LogP contribution is 2.50. The molecule has 1 saturated heterocycles. The number of anilines is 1. The minimum Gasteiger partial charge on any atom is -0.497 e. The van der Waals surface area contributed by atoms with E-state index in [1.54, 1.807) is 7.11 Å². The topological polar surface area (TPSA) is 62.2 Å². The fourth-order valence-electron chi connectivity index (χ4n) is 6.15. The Kier molecular flexibility index (Phi) is 7.58. The van der Waals surface area contributed by atoms with Crippen LogP contribution in [0.5, 0.6) is 5.75 Å². The number of hydrogen-bond donors (Lipinski definition) is 1. The number of ether oxygens (including phenoxy) is 2. The van der Waals surface area contributed by atoms with Gasteiger partial charge in [0.2, 0.25) is 0 Å². The smallest absolute Gasteiger partial charge is 0.303 e. The molecule has 0 spiro atoms. The highest BCUT2D eigenvalue weighted by Gasteiger charge is 2.53. The van der Waals surface area contributed by atoms with Crippen LogP contribution in [-0.4, -0.2) is 67.5 Å². The molecule has 6 nitrogen and oxygen atoms in total. The first kappa shape index (κ1) is 25.1. The lowest BCUT2D eigenvalue weighted by molar-refractivity contribution is -0.148. The van der Waals surface area contributed by atoms with Gasteiger partial charge in [0, 0.05) is 57.3 Å². The van der Waals surface area contributed by atoms with Crippen molar-refractivity contribution in [3.05, 3.63) is 42.3 Å². The fourth-order valence-corrected chi connectivity index (χ4v) is 6.15. The number of rotatable bonds is 6. The van der Waals surface area contributed by atoms with Gasteiger partial charge in [0.1, 0.15) is 11.9 Å². The molecule has 186 valence electrons. The standard InChI is InChI=1S/C28H40N2O4/c1-19-15-26-25(10-9-21(3)28(26,32)17-27(19)34-22(4)31)20(2)18-29-11-13-30(14-12-29)23-7-6-8-24(16-23)33-5/h6-8,15-16,20-21,25-27,32H,9-14,18H2,1-5H3/t20-,21-,25+,26-,27-,28-/m1/s1. The summed E-state index contributed by atoms with van der Waals surface area (Å²) in [4.78, 5) is 16.5. The molecule has 1 saturated carbocycles. The number of fused-ring (bicyclic) bond motifs is 1. The van der Waals surface area contributed by atoms with E-state index in [2.05, 4.69) is 48.3 Å². The average molecular weight is 469 g/mol. The van der Waals surface area contributed by atoms with Crippen molar-refractivity contribution >= 4 is 11.7 Å². The molecule has 1 heterocycles. The highest BCUT2D eigenvalue weighted by atomic mass is 16.5. The molecule has 1 aromatic carbocycles. The van der Waals surface area contributed by atoms with Gasteiger partial charge in [-0.25, -0.2) is 0 Å². The number of hydrogen-bond acceptors (Lipinski definition) is 6. The lowest BCUT2D eigenvalue weighted by Crippen LogP contribution is -2.57. The van der Waals surface area contributed by atoms with Crippen LogP contribution < -0.4 is 9.64 Å². The number of esters is 1. The molecule has 1 aliphatic heterocycles. The molecule has 0 aromatic heterocycles. The van der Waals surface area contributed by atoms with Crippen LogP contribution in [0.2, 0.25) is 0 Å². The Bertz CT molecular complexity index is 894. The van der Waals surface area contributed by atoms with E-state index in [9.17, 15) is 9.90 Å². The normalized spacial score (nSPS) is 33.0. The predicted molar refractivity (Wildman–Crippen MR) is 134 cm³/mol. The minimum absolute atomic E-state index is 0.0103. The van der Waals surface area contributed by atoms with Gasteiger partial charge in [-0.1, -0.05) is 26.0 Å². The number of benzene rings is 1. The zero-order valence-corrected chi connectivity index (χ0v) is 21.3. The maximum absolute atomic E-state index is 11.7. The van der Waals surface area contributed by atoms with Gasteiger partial charge in [0.15, 0.2) is 0 Å². The molecule has 0 unspecified atom stereocenters. The number of aliphatic hydroxyl groups is 1. The zero-order valence-electron chi connectivity index (χ0n) is 21.3. The van der Waals surface area contributed by atoms with Gasteiger partial charge >= 0.3 is 5.97 Å². The number of methoxy groups -OCH3 is 1. The quantitative estimate of drug-likeness (QED) is 0.506. The molecule has 6 heteroatoms. The molecule has 34 heavy (non-hydrogen) atoms. The summed E-state index contributed by atoms with van der Waals surface area (Å²) in [6.07, 6.45) is 6.97. The van der Waals surface area contributed by atoms with E-state index >= 15 is 0 Å². The Labute approximate surface area is 204 Å². The third kappa shape index (κ3) is 5.13. The molecule has 2 aliphatic carbocycles. The van der Waals surface area contributed by atoms with Gasteiger partial charge in [-0.3, -0.25) is 9.69 Å². The molecule has 1 aromatic rings. The van der Waals surface area contributed by atoms with E-state index < -0.39 is 11.7 Å². The third-order valence-corrected chi connectivity index (χ3v) is 8.22. The molecule has 0 bridgehead atoms. The Balaban J connectivity index is 1.40. The minimum atomic E-state index is -1.05. The highest BCUT2D eigenvalue weighted by molar-refractivity contribution is 5.66. The number of nitrogens with zero attached hydrogens (tertiary/aromatic N) is 2. The summed E-state index contributed by atoms with van der Waals surface area (Å²) in [5.74, 6) is 1.48. The SMILES string of the molecule is COc1cccc(N2CCN(C[C@@H](C)[C@@H]3CC[C@@H](C)[C@]4(O)[C][C@@H](OC(C)=O)C(C)=C[C@H]34)CC2)c1. The molecule has 2 radical (unpaired) electrons. The van der Waals surface area contributed by atoms with E-state index in [0.29, 0.717) is 11.8 Å². The van der Waals surface area contributed by atoms with Crippen molar-refractivity contribution < 1.29 is 19.4 Å². The summed E-state index contributed by atoms with van der Waals surface area (Å²) < 4.78 is 10.8. The van der Waals surface area contributed by atoms with Gasteiger partial charge in [-0.05, 0) is 55.2 Å². The Morgan fingerprint density at radius 2 is 2.00 bits per heavy atom. The molecule has 0 amide bonds. The summed E-state index contributed by atoms with van der Waals surface area (Å²) >= 11 is 0. The third-order valence-electron chi connectivity index (χ3n) is 8.22. The van der Waals surface area contributed by atoms with Crippen molar-refractivity contribution in [1.82, 2.24) is 4.90 Å². The summed E-state index contributed by atoms with van der Waals surface area (Å²) in [7, 11) is 1.71. The Morgan fingerprint density at radius 3 is 2.68 bits per heavy atom. The summed E-state index contributed by atoms with van der Waals surface area (Å²) in [5, 5.41) is 11.7. The van der Waals surface area contributed by atoms with Gasteiger partial charge in [0.05, 0.1) is 19.1 Å². The van der Waals surface area contributed by atoms with Crippen LogP contribution in [0.15, 0.2) is 35.9 Å². The van der Waals surface area contributed by atoms with Crippen LogP contribution in [0.3, 0.4) is 0 Å². The van der Waals surface area contributed by atoms with Crippen molar-refractivity contribution in [2.45, 2.75) is 52.2 Å². The van der Waals surface area contributed by atoms with Crippen molar-refractivity contribution in [2.24, 2.45) is 23.7 Å². The molecule has 4 rings (SSSR count). The number of piperazine rings is 1. The van der Waals surface area contributed by atoms with Gasteiger partial charge < -0.3 is 19.5 Å². The molecule has 1 N–H and O–H groups in total.